The summed E-state index contributed by atoms with van der Waals surface area (Å²) in [5, 5.41) is 36.9. The number of esters is 1. The number of hydrogen-bond donors (Lipinski definition) is 3. The molecule has 9 nitrogen and oxygen atoms in total. The predicted octanol–water partition coefficient (Wildman–Crippen LogP) is 1.51. The summed E-state index contributed by atoms with van der Waals surface area (Å²) in [6.45, 7) is 14.4. The van der Waals surface area contributed by atoms with Crippen LogP contribution in [-0.2, 0) is 28.5 Å². The average molecular weight is 521 g/mol. The van der Waals surface area contributed by atoms with Gasteiger partial charge in [-0.05, 0) is 32.8 Å². The molecule has 6 rings (SSSR count). The van der Waals surface area contributed by atoms with Crippen LogP contribution in [0.2, 0.25) is 0 Å². The molecular weight excluding hydrogens is 480 g/mol. The number of Topliss-reactive ketones (excluding diaryl/α,β-unsaturated/α-hetero) is 1. The van der Waals surface area contributed by atoms with Crippen molar-refractivity contribution in [3.63, 3.8) is 0 Å². The van der Waals surface area contributed by atoms with Crippen molar-refractivity contribution in [3.05, 3.63) is 11.6 Å². The van der Waals surface area contributed by atoms with E-state index in [0.29, 0.717) is 12.0 Å². The lowest BCUT2D eigenvalue weighted by molar-refractivity contribution is -0.329. The Morgan fingerprint density at radius 2 is 1.86 bits per heavy atom. The summed E-state index contributed by atoms with van der Waals surface area (Å²) in [5.41, 5.74) is -6.60. The van der Waals surface area contributed by atoms with Crippen LogP contribution in [0.5, 0.6) is 0 Å². The van der Waals surface area contributed by atoms with Gasteiger partial charge in [0.2, 0.25) is 0 Å². The molecule has 2 aliphatic heterocycles. The molecule has 0 radical (unpaired) electrons. The standard InChI is InChI=1S/C28H40O9/c1-9-12(2)21(31)36-28-17(23(28,5)6)16-20-25(35-20)11-34-24(7,8)37-22(25)27(33)15(10-13(3)18(27)29)26(16,32)14(4)19(28)30/h10,12,14-17,19-20,22,30,32-33H,9,11H2,1-8H3/t12?,14-,15+,16-,17+,19-,20+,22-,25+,26+,27-,28-/m1/s1. The summed E-state index contributed by atoms with van der Waals surface area (Å²) in [6, 6.07) is 0. The summed E-state index contributed by atoms with van der Waals surface area (Å²) >= 11 is 0. The molecule has 0 bridgehead atoms. The fourth-order valence-corrected chi connectivity index (χ4v) is 8.70. The Hall–Kier alpha value is -1.36. The number of ketones is 1. The van der Waals surface area contributed by atoms with E-state index >= 15 is 0 Å². The Morgan fingerprint density at radius 1 is 1.22 bits per heavy atom. The summed E-state index contributed by atoms with van der Waals surface area (Å²) in [4.78, 5) is 26.7. The molecule has 4 aliphatic carbocycles. The first-order valence-corrected chi connectivity index (χ1v) is 13.6. The molecule has 0 aromatic rings. The molecule has 1 spiro atoms. The topological polar surface area (TPSA) is 135 Å². The molecule has 2 heterocycles. The fraction of sp³-hybridized carbons (Fsp3) is 0.857. The van der Waals surface area contributed by atoms with Crippen molar-refractivity contribution in [2.75, 3.05) is 6.61 Å². The van der Waals surface area contributed by atoms with Crippen molar-refractivity contribution in [3.8, 4) is 0 Å². The summed E-state index contributed by atoms with van der Waals surface area (Å²) in [6.07, 6.45) is -0.702. The van der Waals surface area contributed by atoms with E-state index in [-0.39, 0.29) is 18.5 Å². The summed E-state index contributed by atoms with van der Waals surface area (Å²) in [7, 11) is 0. The number of ether oxygens (including phenoxy) is 4. The van der Waals surface area contributed by atoms with Crippen LogP contribution in [0.3, 0.4) is 0 Å². The number of carbonyl (C=O) groups is 2. The average Bonchev–Trinajstić information content (AvgIpc) is 3.64. The first-order valence-electron chi connectivity index (χ1n) is 13.6. The van der Waals surface area contributed by atoms with Crippen LogP contribution < -0.4 is 0 Å². The molecule has 1 unspecified atom stereocenters. The highest BCUT2D eigenvalue weighted by molar-refractivity contribution is 6.05. The predicted molar refractivity (Wildman–Crippen MR) is 129 cm³/mol. The molecular formula is C28H40O9. The smallest absolute Gasteiger partial charge is 0.309 e. The van der Waals surface area contributed by atoms with Crippen molar-refractivity contribution in [1.82, 2.24) is 0 Å². The third-order valence-electron chi connectivity index (χ3n) is 11.1. The summed E-state index contributed by atoms with van der Waals surface area (Å²) < 4.78 is 24.8. The van der Waals surface area contributed by atoms with Crippen LogP contribution in [0.1, 0.15) is 61.8 Å². The number of aliphatic hydroxyl groups is 3. The highest BCUT2D eigenvalue weighted by atomic mass is 16.8. The number of aliphatic hydroxyl groups excluding tert-OH is 1. The molecule has 12 atom stereocenters. The fourth-order valence-electron chi connectivity index (χ4n) is 8.70. The van der Waals surface area contributed by atoms with Gasteiger partial charge in [-0.1, -0.05) is 40.7 Å². The van der Waals surface area contributed by atoms with E-state index in [2.05, 4.69) is 0 Å². The highest BCUT2D eigenvalue weighted by Crippen LogP contribution is 2.80. The van der Waals surface area contributed by atoms with Crippen LogP contribution in [0, 0.1) is 35.0 Å². The quantitative estimate of drug-likeness (QED) is 0.374. The molecule has 5 fully saturated rings. The highest BCUT2D eigenvalue weighted by Gasteiger charge is 2.93. The van der Waals surface area contributed by atoms with Gasteiger partial charge in [0.05, 0.1) is 30.3 Å². The monoisotopic (exact) mass is 520 g/mol. The SMILES string of the molecule is CCC(C)C(=O)O[C@@]12[C@H](O)[C@@H](C)[C@@]3(O)[C@@H]([C@@H]4O[C@@]45COC(C)(C)O[C@H]5[C@]4(O)C(=O)C(C)=C[C@H]43)[C@H]1C2(C)C. The Bertz CT molecular complexity index is 1110. The molecule has 0 amide bonds. The van der Waals surface area contributed by atoms with Gasteiger partial charge in [-0.2, -0.15) is 0 Å². The molecule has 3 saturated carbocycles. The number of rotatable bonds is 3. The van der Waals surface area contributed by atoms with Gasteiger partial charge in [-0.25, -0.2) is 0 Å². The Balaban J connectivity index is 1.54. The van der Waals surface area contributed by atoms with Gasteiger partial charge in [-0.3, -0.25) is 9.59 Å². The van der Waals surface area contributed by atoms with Gasteiger partial charge >= 0.3 is 5.97 Å². The van der Waals surface area contributed by atoms with E-state index in [1.165, 1.54) is 0 Å². The Labute approximate surface area is 217 Å². The van der Waals surface area contributed by atoms with Crippen LogP contribution in [-0.4, -0.2) is 80.2 Å². The third-order valence-corrected chi connectivity index (χ3v) is 11.1. The van der Waals surface area contributed by atoms with Crippen LogP contribution in [0.4, 0.5) is 0 Å². The normalized spacial score (nSPS) is 54.8. The van der Waals surface area contributed by atoms with Gasteiger partial charge in [0, 0.05) is 29.1 Å². The maximum Gasteiger partial charge on any atom is 0.309 e. The lowest BCUT2D eigenvalue weighted by Crippen LogP contribution is -2.70. The van der Waals surface area contributed by atoms with Crippen LogP contribution in [0.15, 0.2) is 11.6 Å². The lowest BCUT2D eigenvalue weighted by Gasteiger charge is -2.54. The van der Waals surface area contributed by atoms with Crippen molar-refractivity contribution in [1.29, 1.82) is 0 Å². The minimum atomic E-state index is -2.11. The molecule has 37 heavy (non-hydrogen) atoms. The molecule has 206 valence electrons. The second kappa shape index (κ2) is 7.04. The maximum atomic E-state index is 13.6. The van der Waals surface area contributed by atoms with E-state index in [1.807, 2.05) is 20.8 Å². The van der Waals surface area contributed by atoms with E-state index in [1.54, 1.807) is 40.7 Å². The van der Waals surface area contributed by atoms with Crippen molar-refractivity contribution >= 4 is 11.8 Å². The van der Waals surface area contributed by atoms with E-state index < -0.39 is 81.4 Å². The van der Waals surface area contributed by atoms with Crippen molar-refractivity contribution in [2.45, 2.75) is 108 Å². The first kappa shape index (κ1) is 25.9. The van der Waals surface area contributed by atoms with E-state index in [9.17, 15) is 24.9 Å². The minimum Gasteiger partial charge on any atom is -0.455 e. The number of fused-ring (bicyclic) bond motifs is 7. The molecule has 3 N–H and O–H groups in total. The lowest BCUT2D eigenvalue weighted by atomic mass is 9.58. The second-order valence-corrected chi connectivity index (χ2v) is 13.5. The zero-order valence-electron chi connectivity index (χ0n) is 22.9. The first-order chi connectivity index (χ1) is 17.0. The van der Waals surface area contributed by atoms with Gasteiger partial charge in [0.1, 0.15) is 17.3 Å². The van der Waals surface area contributed by atoms with E-state index in [0.717, 1.165) is 0 Å². The minimum absolute atomic E-state index is 0.0764. The second-order valence-electron chi connectivity index (χ2n) is 13.5. The van der Waals surface area contributed by atoms with Gasteiger partial charge in [-0.15, -0.1) is 0 Å². The number of carbonyl (C=O) groups excluding carboxylic acids is 2. The number of hydrogen-bond acceptors (Lipinski definition) is 9. The molecule has 0 aromatic carbocycles. The molecule has 2 saturated heterocycles. The maximum absolute atomic E-state index is 13.6. The largest absolute Gasteiger partial charge is 0.455 e. The molecule has 9 heteroatoms. The third kappa shape index (κ3) is 2.67. The van der Waals surface area contributed by atoms with E-state index in [4.69, 9.17) is 18.9 Å². The van der Waals surface area contributed by atoms with Crippen LogP contribution in [0.25, 0.3) is 0 Å². The molecule has 0 aromatic heterocycles. The number of epoxide rings is 1. The van der Waals surface area contributed by atoms with Gasteiger partial charge in [0.25, 0.3) is 0 Å². The zero-order chi connectivity index (χ0) is 27.3. The molecule has 6 aliphatic rings. The summed E-state index contributed by atoms with van der Waals surface area (Å²) in [5.74, 6) is -5.37. The Morgan fingerprint density at radius 3 is 2.49 bits per heavy atom. The van der Waals surface area contributed by atoms with Gasteiger partial charge in [0.15, 0.2) is 17.2 Å². The van der Waals surface area contributed by atoms with Crippen molar-refractivity contribution < 1.29 is 43.9 Å². The zero-order valence-corrected chi connectivity index (χ0v) is 22.9. The van der Waals surface area contributed by atoms with Gasteiger partial charge < -0.3 is 34.3 Å². The Kier molecular flexibility index (Phi) is 4.92. The van der Waals surface area contributed by atoms with Crippen molar-refractivity contribution in [2.24, 2.45) is 35.0 Å². The van der Waals surface area contributed by atoms with Crippen LogP contribution >= 0.6 is 0 Å².